The van der Waals surface area contributed by atoms with E-state index in [0.29, 0.717) is 35.6 Å². The van der Waals surface area contributed by atoms with Crippen LogP contribution in [0.1, 0.15) is 60.4 Å². The van der Waals surface area contributed by atoms with Gasteiger partial charge in [-0.15, -0.1) is 0 Å². The van der Waals surface area contributed by atoms with Crippen LogP contribution in [0.2, 0.25) is 0 Å². The van der Waals surface area contributed by atoms with E-state index in [9.17, 15) is 14.4 Å². The Morgan fingerprint density at radius 2 is 1.91 bits per heavy atom. The van der Waals surface area contributed by atoms with Gasteiger partial charge < -0.3 is 16.4 Å². The summed E-state index contributed by atoms with van der Waals surface area (Å²) in [6, 6.07) is 11.8. The number of aryl methyl sites for hydroxylation is 1. The Balaban J connectivity index is 1.99. The lowest BCUT2D eigenvalue weighted by Gasteiger charge is -2.39. The van der Waals surface area contributed by atoms with Crippen molar-refractivity contribution in [2.45, 2.75) is 47.1 Å². The zero-order chi connectivity index (χ0) is 24.3. The molecule has 0 spiro atoms. The van der Waals surface area contributed by atoms with Crippen LogP contribution in [0.3, 0.4) is 0 Å². The van der Waals surface area contributed by atoms with E-state index >= 15 is 0 Å². The van der Waals surface area contributed by atoms with Crippen molar-refractivity contribution < 1.29 is 14.4 Å². The van der Waals surface area contributed by atoms with Crippen LogP contribution in [-0.2, 0) is 4.79 Å². The van der Waals surface area contributed by atoms with Crippen molar-refractivity contribution in [3.8, 4) is 0 Å². The summed E-state index contributed by atoms with van der Waals surface area (Å²) in [5.41, 5.74) is 8.47. The predicted octanol–water partition coefficient (Wildman–Crippen LogP) is 3.72. The van der Waals surface area contributed by atoms with E-state index in [-0.39, 0.29) is 29.1 Å². The van der Waals surface area contributed by atoms with E-state index in [2.05, 4.69) is 10.6 Å². The lowest BCUT2D eigenvalue weighted by Crippen LogP contribution is -2.54. The maximum Gasteiger partial charge on any atom is 0.259 e. The molecule has 4 N–H and O–H groups in total. The van der Waals surface area contributed by atoms with E-state index < -0.39 is 6.04 Å². The number of fused-ring (bicyclic) bond motifs is 1. The normalized spacial score (nSPS) is 16.6. The van der Waals surface area contributed by atoms with Gasteiger partial charge in [0.2, 0.25) is 5.91 Å². The molecule has 7 nitrogen and oxygen atoms in total. The number of nitrogens with two attached hydrogens (primary N) is 1. The van der Waals surface area contributed by atoms with Crippen molar-refractivity contribution in [3.63, 3.8) is 0 Å². The Labute approximate surface area is 195 Å². The van der Waals surface area contributed by atoms with Crippen molar-refractivity contribution >= 4 is 29.1 Å². The maximum atomic E-state index is 13.6. The molecule has 1 aliphatic heterocycles. The van der Waals surface area contributed by atoms with E-state index in [4.69, 9.17) is 5.73 Å². The minimum Gasteiger partial charge on any atom is -0.351 e. The fourth-order valence-electron chi connectivity index (χ4n) is 3.84. The van der Waals surface area contributed by atoms with Crippen LogP contribution in [-0.4, -0.2) is 36.9 Å². The van der Waals surface area contributed by atoms with Gasteiger partial charge in [0, 0.05) is 17.7 Å². The van der Waals surface area contributed by atoms with Crippen LogP contribution < -0.4 is 21.3 Å². The first-order valence-electron chi connectivity index (χ1n) is 11.4. The van der Waals surface area contributed by atoms with Crippen molar-refractivity contribution in [2.75, 3.05) is 23.3 Å². The Morgan fingerprint density at radius 1 is 1.18 bits per heavy atom. The molecule has 7 heteroatoms. The molecule has 2 unspecified atom stereocenters. The van der Waals surface area contributed by atoms with Gasteiger partial charge in [-0.2, -0.15) is 0 Å². The van der Waals surface area contributed by atoms with E-state index in [1.165, 1.54) is 0 Å². The molecular formula is C26H34N4O3. The zero-order valence-electron chi connectivity index (χ0n) is 20.1. The number of carbonyl (C=O) groups is 3. The Bertz CT molecular complexity index is 1060. The average molecular weight is 451 g/mol. The van der Waals surface area contributed by atoms with Crippen LogP contribution in [0.4, 0.5) is 11.4 Å². The molecule has 1 heterocycles. The van der Waals surface area contributed by atoms with Gasteiger partial charge in [-0.05, 0) is 55.1 Å². The van der Waals surface area contributed by atoms with E-state index in [1.54, 1.807) is 29.2 Å². The van der Waals surface area contributed by atoms with Gasteiger partial charge in [0.1, 0.15) is 6.04 Å². The molecule has 0 bridgehead atoms. The Hall–Kier alpha value is -3.19. The first kappa shape index (κ1) is 24.5. The number of hydrogen-bond donors (Lipinski definition) is 3. The van der Waals surface area contributed by atoms with E-state index in [0.717, 1.165) is 12.0 Å². The van der Waals surface area contributed by atoms with Crippen LogP contribution in [0.15, 0.2) is 42.5 Å². The molecule has 3 rings (SSSR count). The largest absolute Gasteiger partial charge is 0.351 e. The summed E-state index contributed by atoms with van der Waals surface area (Å²) in [7, 11) is 0. The van der Waals surface area contributed by atoms with Gasteiger partial charge in [-0.1, -0.05) is 51.8 Å². The van der Waals surface area contributed by atoms with Gasteiger partial charge in [-0.25, -0.2) is 0 Å². The Kier molecular flexibility index (Phi) is 7.22. The minimum absolute atomic E-state index is 0.0478. The van der Waals surface area contributed by atoms with E-state index in [1.807, 2.05) is 52.8 Å². The number of anilines is 2. The number of nitrogens with zero attached hydrogens (tertiary/aromatic N) is 1. The number of amides is 3. The van der Waals surface area contributed by atoms with Gasteiger partial charge in [0.05, 0.1) is 11.4 Å². The zero-order valence-corrected chi connectivity index (χ0v) is 20.1. The van der Waals surface area contributed by atoms with Crippen molar-refractivity contribution in [1.29, 1.82) is 0 Å². The molecule has 0 radical (unpaired) electrons. The second-order valence-corrected chi connectivity index (χ2v) is 9.65. The highest BCUT2D eigenvalue weighted by Gasteiger charge is 2.40. The predicted molar refractivity (Wildman–Crippen MR) is 131 cm³/mol. The molecule has 2 atom stereocenters. The molecule has 0 saturated heterocycles. The highest BCUT2D eigenvalue weighted by molar-refractivity contribution is 6.17. The molecule has 2 aromatic rings. The molecule has 1 aliphatic rings. The standard InChI is InChI=1S/C26H34N4O3/c1-6-17(3)22-24(32)29-20-13-18(23(31)28-15-26(4,5)14-27)10-11-21(20)30(22)25(33)19-9-7-8-16(2)12-19/h7-13,17,22H,6,14-15,27H2,1-5H3,(H,28,31)(H,29,32). The third-order valence-electron chi connectivity index (χ3n) is 6.27. The summed E-state index contributed by atoms with van der Waals surface area (Å²) in [6.45, 7) is 10.7. The fraction of sp³-hybridized carbons (Fsp3) is 0.423. The highest BCUT2D eigenvalue weighted by atomic mass is 16.2. The second kappa shape index (κ2) is 9.75. The third kappa shape index (κ3) is 5.25. The topological polar surface area (TPSA) is 105 Å². The molecule has 33 heavy (non-hydrogen) atoms. The van der Waals surface area contributed by atoms with Crippen molar-refractivity contribution in [1.82, 2.24) is 5.32 Å². The second-order valence-electron chi connectivity index (χ2n) is 9.65. The summed E-state index contributed by atoms with van der Waals surface area (Å²) in [5, 5.41) is 5.82. The number of carbonyl (C=O) groups excluding carboxylic acids is 3. The fourth-order valence-corrected chi connectivity index (χ4v) is 3.84. The minimum atomic E-state index is -0.638. The number of nitrogens with one attached hydrogen (secondary N) is 2. The van der Waals surface area contributed by atoms with Crippen LogP contribution >= 0.6 is 0 Å². The quantitative estimate of drug-likeness (QED) is 0.598. The van der Waals surface area contributed by atoms with Gasteiger partial charge in [0.25, 0.3) is 11.8 Å². The van der Waals surface area contributed by atoms with Gasteiger partial charge >= 0.3 is 0 Å². The van der Waals surface area contributed by atoms with Gasteiger partial charge in [0.15, 0.2) is 0 Å². The highest BCUT2D eigenvalue weighted by Crippen LogP contribution is 2.37. The monoisotopic (exact) mass is 450 g/mol. The first-order chi connectivity index (χ1) is 15.6. The molecule has 0 aliphatic carbocycles. The smallest absolute Gasteiger partial charge is 0.259 e. The summed E-state index contributed by atoms with van der Waals surface area (Å²) in [4.78, 5) is 41.0. The summed E-state index contributed by atoms with van der Waals surface area (Å²) in [5.74, 6) is -0.788. The number of hydrogen-bond acceptors (Lipinski definition) is 4. The summed E-state index contributed by atoms with van der Waals surface area (Å²) in [6.07, 6.45) is 0.739. The molecule has 0 fully saturated rings. The maximum absolute atomic E-state index is 13.6. The number of benzene rings is 2. The van der Waals surface area contributed by atoms with Crippen molar-refractivity contribution in [2.24, 2.45) is 17.1 Å². The lowest BCUT2D eigenvalue weighted by molar-refractivity contribution is -0.118. The number of rotatable bonds is 7. The van der Waals surface area contributed by atoms with Crippen molar-refractivity contribution in [3.05, 3.63) is 59.2 Å². The molecule has 3 amide bonds. The van der Waals surface area contributed by atoms with Crippen LogP contribution in [0.25, 0.3) is 0 Å². The molecule has 0 aromatic heterocycles. The Morgan fingerprint density at radius 3 is 2.55 bits per heavy atom. The summed E-state index contributed by atoms with van der Waals surface area (Å²) >= 11 is 0. The molecule has 2 aromatic carbocycles. The third-order valence-corrected chi connectivity index (χ3v) is 6.27. The van der Waals surface area contributed by atoms with Crippen LogP contribution in [0, 0.1) is 18.3 Å². The molecule has 0 saturated carbocycles. The first-order valence-corrected chi connectivity index (χ1v) is 11.4. The van der Waals surface area contributed by atoms with Gasteiger partial charge in [-0.3, -0.25) is 19.3 Å². The SMILES string of the molecule is CCC(C)C1C(=O)Nc2cc(C(=O)NCC(C)(C)CN)ccc2N1C(=O)c1cccc(C)c1. The molecule has 176 valence electrons. The average Bonchev–Trinajstić information content (AvgIpc) is 2.80. The summed E-state index contributed by atoms with van der Waals surface area (Å²) < 4.78 is 0. The van der Waals surface area contributed by atoms with Crippen LogP contribution in [0.5, 0.6) is 0 Å². The molecular weight excluding hydrogens is 416 g/mol. The lowest BCUT2D eigenvalue weighted by atomic mass is 9.92.